The van der Waals surface area contributed by atoms with Crippen molar-refractivity contribution in [1.82, 2.24) is 14.5 Å². The normalized spacial score (nSPS) is 14.4. The summed E-state index contributed by atoms with van der Waals surface area (Å²) < 4.78 is 42.7. The van der Waals surface area contributed by atoms with Gasteiger partial charge in [-0.25, -0.2) is 13.4 Å². The average Bonchev–Trinajstić information content (AvgIpc) is 3.10. The molecule has 0 bridgehead atoms. The number of carbonyl (C=O) groups excluding carboxylic acids is 1. The zero-order chi connectivity index (χ0) is 21.2. The Morgan fingerprint density at radius 2 is 1.83 bits per heavy atom. The van der Waals surface area contributed by atoms with E-state index in [-0.39, 0.29) is 30.6 Å². The number of amides is 1. The summed E-state index contributed by atoms with van der Waals surface area (Å²) >= 11 is 0. The van der Waals surface area contributed by atoms with Gasteiger partial charge in [-0.1, -0.05) is 6.07 Å². The van der Waals surface area contributed by atoms with Gasteiger partial charge < -0.3 is 23.7 Å². The number of rotatable bonds is 8. The topological polar surface area (TPSA) is 100.0 Å². The lowest BCUT2D eigenvalue weighted by atomic mass is 10.1. The van der Waals surface area contributed by atoms with Crippen molar-refractivity contribution in [2.75, 3.05) is 34.4 Å². The second kappa shape index (κ2) is 8.32. The molecule has 29 heavy (non-hydrogen) atoms. The van der Waals surface area contributed by atoms with Crippen molar-refractivity contribution in [3.8, 4) is 17.2 Å². The molecule has 1 aliphatic heterocycles. The largest absolute Gasteiger partial charge is 0.493 e. The van der Waals surface area contributed by atoms with Crippen LogP contribution in [0.15, 0.2) is 29.7 Å². The first kappa shape index (κ1) is 21.0. The highest BCUT2D eigenvalue weighted by Crippen LogP contribution is 2.40. The molecule has 10 heteroatoms. The maximum absolute atomic E-state index is 12.6. The molecule has 1 fully saturated rings. The molecular weight excluding hydrogens is 398 g/mol. The molecule has 9 nitrogen and oxygen atoms in total. The van der Waals surface area contributed by atoms with E-state index in [1.54, 1.807) is 31.3 Å². The van der Waals surface area contributed by atoms with Crippen molar-refractivity contribution in [2.24, 2.45) is 7.05 Å². The lowest BCUT2D eigenvalue weighted by molar-refractivity contribution is -0.134. The Kier molecular flexibility index (Phi) is 6.02. The number of aryl methyl sites for hydroxylation is 2. The fourth-order valence-electron chi connectivity index (χ4n) is 3.37. The summed E-state index contributed by atoms with van der Waals surface area (Å²) in [5, 5.41) is -0.590. The van der Waals surface area contributed by atoms with Crippen molar-refractivity contribution >= 4 is 15.7 Å². The molecule has 1 saturated heterocycles. The summed E-state index contributed by atoms with van der Waals surface area (Å²) in [6.45, 7) is 0.355. The second-order valence-corrected chi connectivity index (χ2v) is 8.90. The molecule has 2 heterocycles. The van der Waals surface area contributed by atoms with Gasteiger partial charge >= 0.3 is 0 Å². The van der Waals surface area contributed by atoms with Crippen LogP contribution in [0.25, 0.3) is 0 Å². The summed E-state index contributed by atoms with van der Waals surface area (Å²) in [5.41, 5.74) is 0.816. The fraction of sp³-hybridized carbons (Fsp3) is 0.474. The highest BCUT2D eigenvalue weighted by molar-refractivity contribution is 7.92. The molecule has 0 aliphatic carbocycles. The molecule has 2 aromatic rings. The zero-order valence-electron chi connectivity index (χ0n) is 16.9. The van der Waals surface area contributed by atoms with Crippen LogP contribution >= 0.6 is 0 Å². The molecular formula is C19H25N3O6S. The van der Waals surface area contributed by atoms with Crippen molar-refractivity contribution in [3.05, 3.63) is 30.1 Å². The van der Waals surface area contributed by atoms with E-state index in [0.29, 0.717) is 23.7 Å². The number of hydrogen-bond acceptors (Lipinski definition) is 7. The van der Waals surface area contributed by atoms with Crippen molar-refractivity contribution < 1.29 is 27.4 Å². The third-order valence-electron chi connectivity index (χ3n) is 5.06. The van der Waals surface area contributed by atoms with Crippen LogP contribution < -0.4 is 14.2 Å². The second-order valence-electron chi connectivity index (χ2n) is 6.78. The van der Waals surface area contributed by atoms with Crippen molar-refractivity contribution in [1.29, 1.82) is 0 Å². The maximum Gasteiger partial charge on any atom is 0.227 e. The molecule has 0 atom stereocenters. The van der Waals surface area contributed by atoms with Crippen LogP contribution in [0.4, 0.5) is 0 Å². The monoisotopic (exact) mass is 423 g/mol. The van der Waals surface area contributed by atoms with Gasteiger partial charge in [-0.05, 0) is 18.1 Å². The van der Waals surface area contributed by atoms with Gasteiger partial charge in [0.15, 0.2) is 11.5 Å². The standard InChI is InChI=1S/C19H25N3O6S/c1-21-10-9-20-19(21)29(24,25)14-11-22(12-14)16(23)8-6-13-5-7-15(26-2)18(28-4)17(13)27-3/h5,7,9-10,14H,6,8,11-12H2,1-4H3. The number of hydrogen-bond donors (Lipinski definition) is 0. The number of nitrogens with zero attached hydrogens (tertiary/aromatic N) is 3. The quantitative estimate of drug-likeness (QED) is 0.626. The van der Waals surface area contributed by atoms with Gasteiger partial charge in [0.05, 0.1) is 21.3 Å². The average molecular weight is 423 g/mol. The summed E-state index contributed by atoms with van der Waals surface area (Å²) in [6.07, 6.45) is 3.71. The SMILES string of the molecule is COc1ccc(CCC(=O)N2CC(S(=O)(=O)c3nccn3C)C2)c(OC)c1OC. The Bertz CT molecular complexity index is 995. The van der Waals surface area contributed by atoms with Crippen LogP contribution in [0.3, 0.4) is 0 Å². The Morgan fingerprint density at radius 3 is 2.38 bits per heavy atom. The first-order valence-corrected chi connectivity index (χ1v) is 10.6. The van der Waals surface area contributed by atoms with E-state index in [2.05, 4.69) is 4.98 Å². The number of ether oxygens (including phenoxy) is 3. The van der Waals surface area contributed by atoms with E-state index < -0.39 is 15.1 Å². The van der Waals surface area contributed by atoms with Crippen LogP contribution in [0.2, 0.25) is 0 Å². The van der Waals surface area contributed by atoms with Gasteiger partial charge in [0.2, 0.25) is 26.7 Å². The van der Waals surface area contributed by atoms with Gasteiger partial charge in [0.25, 0.3) is 0 Å². The van der Waals surface area contributed by atoms with E-state index in [9.17, 15) is 13.2 Å². The van der Waals surface area contributed by atoms with Crippen LogP contribution in [-0.4, -0.2) is 68.4 Å². The molecule has 0 spiro atoms. The highest BCUT2D eigenvalue weighted by atomic mass is 32.2. The number of imidazole rings is 1. The summed E-state index contributed by atoms with van der Waals surface area (Å²) in [4.78, 5) is 18.0. The number of aromatic nitrogens is 2. The smallest absolute Gasteiger partial charge is 0.227 e. The first-order valence-electron chi connectivity index (χ1n) is 9.10. The number of sulfone groups is 1. The van der Waals surface area contributed by atoms with Crippen molar-refractivity contribution in [3.63, 3.8) is 0 Å². The van der Waals surface area contributed by atoms with Crippen molar-refractivity contribution in [2.45, 2.75) is 23.2 Å². The minimum Gasteiger partial charge on any atom is -0.493 e. The Balaban J connectivity index is 1.61. The fourth-order valence-corrected chi connectivity index (χ4v) is 5.09. The molecule has 0 N–H and O–H groups in total. The summed E-state index contributed by atoms with van der Waals surface area (Å²) in [7, 11) is 2.69. The summed E-state index contributed by atoms with van der Waals surface area (Å²) in [5.74, 6) is 1.45. The lowest BCUT2D eigenvalue weighted by Crippen LogP contribution is -2.57. The number of carbonyl (C=O) groups is 1. The van der Waals surface area contributed by atoms with Crippen LogP contribution in [0, 0.1) is 0 Å². The Hall–Kier alpha value is -2.75. The molecule has 158 valence electrons. The van der Waals surface area contributed by atoms with E-state index in [1.807, 2.05) is 6.07 Å². The maximum atomic E-state index is 12.6. The molecule has 1 aromatic carbocycles. The number of likely N-dealkylation sites (tertiary alicyclic amines) is 1. The Labute approximate surface area is 170 Å². The van der Waals surface area contributed by atoms with Crippen LogP contribution in [0.5, 0.6) is 17.2 Å². The van der Waals surface area contributed by atoms with E-state index in [1.165, 1.54) is 25.0 Å². The van der Waals surface area contributed by atoms with Crippen LogP contribution in [-0.2, 0) is 28.1 Å². The molecule has 1 amide bonds. The van der Waals surface area contributed by atoms with Gasteiger partial charge in [-0.15, -0.1) is 0 Å². The van der Waals surface area contributed by atoms with Gasteiger partial charge in [-0.2, -0.15) is 0 Å². The minimum atomic E-state index is -3.54. The highest BCUT2D eigenvalue weighted by Gasteiger charge is 2.42. The van der Waals surface area contributed by atoms with E-state index >= 15 is 0 Å². The van der Waals surface area contributed by atoms with Gasteiger partial charge in [0, 0.05) is 39.0 Å². The molecule has 1 aromatic heterocycles. The lowest BCUT2D eigenvalue weighted by Gasteiger charge is -2.38. The summed E-state index contributed by atoms with van der Waals surface area (Å²) in [6, 6.07) is 3.60. The molecule has 1 aliphatic rings. The van der Waals surface area contributed by atoms with E-state index in [0.717, 1.165) is 5.56 Å². The molecule has 0 saturated carbocycles. The Morgan fingerprint density at radius 1 is 1.14 bits per heavy atom. The minimum absolute atomic E-state index is 0.0321. The third-order valence-corrected chi connectivity index (χ3v) is 7.14. The molecule has 0 unspecified atom stereocenters. The first-order chi connectivity index (χ1) is 13.8. The van der Waals surface area contributed by atoms with Crippen LogP contribution in [0.1, 0.15) is 12.0 Å². The predicted molar refractivity (Wildman–Crippen MR) is 105 cm³/mol. The predicted octanol–water partition coefficient (Wildman–Crippen LogP) is 1.06. The molecule has 3 rings (SSSR count). The van der Waals surface area contributed by atoms with E-state index in [4.69, 9.17) is 14.2 Å². The number of benzene rings is 1. The zero-order valence-corrected chi connectivity index (χ0v) is 17.7. The molecule has 0 radical (unpaired) electrons. The van der Waals surface area contributed by atoms with Gasteiger partial charge in [0.1, 0.15) is 5.25 Å². The van der Waals surface area contributed by atoms with Gasteiger partial charge in [-0.3, -0.25) is 4.79 Å². The number of methoxy groups -OCH3 is 3. The third kappa shape index (κ3) is 3.89.